The maximum atomic E-state index is 5.82. The van der Waals surface area contributed by atoms with Crippen LogP contribution in [0.25, 0.3) is 11.0 Å². The molecule has 0 spiro atoms. The van der Waals surface area contributed by atoms with Gasteiger partial charge in [0.05, 0.1) is 31.3 Å². The lowest BCUT2D eigenvalue weighted by molar-refractivity contribution is 0.317. The van der Waals surface area contributed by atoms with Gasteiger partial charge in [-0.15, -0.1) is 0 Å². The van der Waals surface area contributed by atoms with E-state index in [2.05, 4.69) is 46.1 Å². The fourth-order valence-corrected chi connectivity index (χ4v) is 3.93. The molecule has 7 heteroatoms. The van der Waals surface area contributed by atoms with Crippen molar-refractivity contribution < 1.29 is 9.47 Å². The third kappa shape index (κ3) is 4.15. The highest BCUT2D eigenvalue weighted by molar-refractivity contribution is 5.80. The van der Waals surface area contributed by atoms with Crippen molar-refractivity contribution in [1.29, 1.82) is 0 Å². The van der Waals surface area contributed by atoms with Gasteiger partial charge in [-0.3, -0.25) is 10.1 Å². The van der Waals surface area contributed by atoms with Gasteiger partial charge in [0, 0.05) is 23.4 Å². The minimum atomic E-state index is -0.400. The van der Waals surface area contributed by atoms with Crippen molar-refractivity contribution in [3.63, 3.8) is 0 Å². The smallest absolute Gasteiger partial charge is 0.217 e. The van der Waals surface area contributed by atoms with E-state index in [9.17, 15) is 0 Å². The first kappa shape index (κ1) is 21.7. The van der Waals surface area contributed by atoms with E-state index in [1.807, 2.05) is 32.2 Å². The van der Waals surface area contributed by atoms with Crippen molar-refractivity contribution >= 4 is 11.0 Å². The lowest BCUT2D eigenvalue weighted by Crippen LogP contribution is -2.23. The van der Waals surface area contributed by atoms with Crippen LogP contribution in [0.2, 0.25) is 0 Å². The molecular formula is C25H29N5O2. The highest BCUT2D eigenvalue weighted by Gasteiger charge is 2.30. The highest BCUT2D eigenvalue weighted by atomic mass is 16.5. The zero-order valence-corrected chi connectivity index (χ0v) is 19.3. The summed E-state index contributed by atoms with van der Waals surface area (Å²) < 4.78 is 11.1. The maximum absolute atomic E-state index is 5.82. The molecule has 4 aromatic heterocycles. The molecule has 0 aliphatic rings. The topological polar surface area (TPSA) is 85.8 Å². The van der Waals surface area contributed by atoms with Crippen molar-refractivity contribution in [2.45, 2.75) is 46.0 Å². The number of pyridine rings is 3. The summed E-state index contributed by atoms with van der Waals surface area (Å²) in [5.74, 6) is 1.41. The summed E-state index contributed by atoms with van der Waals surface area (Å²) in [5, 5.41) is 7.64. The average Bonchev–Trinajstić information content (AvgIpc) is 3.19. The highest BCUT2D eigenvalue weighted by Crippen LogP contribution is 2.37. The van der Waals surface area contributed by atoms with Gasteiger partial charge in [0.1, 0.15) is 16.8 Å². The molecule has 4 aromatic rings. The predicted octanol–water partition coefficient (Wildman–Crippen LogP) is 4.57. The van der Waals surface area contributed by atoms with Crippen LogP contribution in [0.3, 0.4) is 0 Å². The number of aromatic amines is 1. The quantitative estimate of drug-likeness (QED) is 0.440. The zero-order chi connectivity index (χ0) is 22.7. The van der Waals surface area contributed by atoms with E-state index in [1.165, 1.54) is 0 Å². The van der Waals surface area contributed by atoms with Crippen LogP contribution < -0.4 is 9.47 Å². The first-order valence-corrected chi connectivity index (χ1v) is 10.8. The molecule has 4 rings (SSSR count). The second-order valence-electron chi connectivity index (χ2n) is 8.36. The Bertz CT molecular complexity index is 1230. The maximum Gasteiger partial charge on any atom is 0.217 e. The van der Waals surface area contributed by atoms with Crippen LogP contribution >= 0.6 is 0 Å². The van der Waals surface area contributed by atoms with Gasteiger partial charge in [0.2, 0.25) is 5.88 Å². The number of rotatable bonds is 8. The molecule has 0 bridgehead atoms. The van der Waals surface area contributed by atoms with Crippen molar-refractivity contribution in [2.24, 2.45) is 0 Å². The molecule has 0 atom stereocenters. The average molecular weight is 432 g/mol. The molecule has 0 aliphatic carbocycles. The van der Waals surface area contributed by atoms with Gasteiger partial charge in [-0.25, -0.2) is 9.97 Å². The van der Waals surface area contributed by atoms with Crippen molar-refractivity contribution in [3.05, 3.63) is 70.9 Å². The van der Waals surface area contributed by atoms with Gasteiger partial charge in [0.15, 0.2) is 0 Å². The summed E-state index contributed by atoms with van der Waals surface area (Å²) in [6.07, 6.45) is 7.00. The summed E-state index contributed by atoms with van der Waals surface area (Å²) in [7, 11) is 1.66. The molecule has 0 amide bonds. The molecular weight excluding hydrogens is 402 g/mol. The Hall–Kier alpha value is -3.48. The second-order valence-corrected chi connectivity index (χ2v) is 8.36. The van der Waals surface area contributed by atoms with E-state index < -0.39 is 5.41 Å². The normalized spacial score (nSPS) is 11.7. The Kier molecular flexibility index (Phi) is 6.08. The molecule has 0 fully saturated rings. The number of nitrogens with one attached hydrogen (secondary N) is 1. The Balaban J connectivity index is 1.75. The van der Waals surface area contributed by atoms with E-state index >= 15 is 0 Å². The van der Waals surface area contributed by atoms with Gasteiger partial charge < -0.3 is 9.47 Å². The van der Waals surface area contributed by atoms with Gasteiger partial charge in [-0.2, -0.15) is 5.10 Å². The molecule has 0 saturated heterocycles. The summed E-state index contributed by atoms with van der Waals surface area (Å²) in [6.45, 7) is 8.85. The Labute approximate surface area is 188 Å². The molecule has 7 nitrogen and oxygen atoms in total. The Morgan fingerprint density at radius 3 is 2.72 bits per heavy atom. The Morgan fingerprint density at radius 1 is 1.09 bits per heavy atom. The number of hydrogen-bond donors (Lipinski definition) is 1. The molecule has 166 valence electrons. The summed E-state index contributed by atoms with van der Waals surface area (Å²) in [5.41, 5.74) is 6.60. The molecule has 4 heterocycles. The number of methoxy groups -OCH3 is 1. The van der Waals surface area contributed by atoms with Crippen LogP contribution in [-0.2, 0) is 18.3 Å². The van der Waals surface area contributed by atoms with Crippen molar-refractivity contribution in [3.8, 4) is 11.6 Å². The van der Waals surface area contributed by atoms with E-state index in [0.29, 0.717) is 12.5 Å². The number of ether oxygens (including phenoxy) is 2. The van der Waals surface area contributed by atoms with Crippen molar-refractivity contribution in [1.82, 2.24) is 25.1 Å². The Morgan fingerprint density at radius 2 is 1.94 bits per heavy atom. The summed E-state index contributed by atoms with van der Waals surface area (Å²) >= 11 is 0. The molecule has 0 radical (unpaired) electrons. The van der Waals surface area contributed by atoms with E-state index in [-0.39, 0.29) is 0 Å². The molecule has 0 aromatic carbocycles. The fraction of sp³-hybridized carbons (Fsp3) is 0.360. The number of nitrogens with zero attached hydrogens (tertiary/aromatic N) is 4. The number of fused-ring (bicyclic) bond motifs is 1. The zero-order valence-electron chi connectivity index (χ0n) is 19.3. The molecule has 0 aliphatic heterocycles. The molecule has 1 N–H and O–H groups in total. The number of aryl methyl sites for hydroxylation is 3. The summed E-state index contributed by atoms with van der Waals surface area (Å²) in [6, 6.07) is 8.20. The van der Waals surface area contributed by atoms with Gasteiger partial charge in [0.25, 0.3) is 0 Å². The number of hydrogen-bond acceptors (Lipinski definition) is 6. The van der Waals surface area contributed by atoms with Crippen LogP contribution in [0.5, 0.6) is 11.6 Å². The third-order valence-electron chi connectivity index (χ3n) is 5.82. The molecule has 32 heavy (non-hydrogen) atoms. The number of H-pyrrole nitrogens is 1. The van der Waals surface area contributed by atoms with Crippen LogP contribution in [0.15, 0.2) is 42.9 Å². The van der Waals surface area contributed by atoms with E-state index in [0.717, 1.165) is 57.7 Å². The molecule has 0 unspecified atom stereocenters. The third-order valence-corrected chi connectivity index (χ3v) is 5.82. The molecule has 0 saturated carbocycles. The van der Waals surface area contributed by atoms with Crippen LogP contribution in [0.1, 0.15) is 48.8 Å². The largest absolute Gasteiger partial charge is 0.495 e. The van der Waals surface area contributed by atoms with Gasteiger partial charge in [-0.1, -0.05) is 6.07 Å². The SMILES string of the molecule is CCOc1ncccc1C(C)(C)c1cc(CCc2cncc(OC)c2)c2n[nH]c(C)c2n1. The first-order valence-electron chi connectivity index (χ1n) is 10.8. The van der Waals surface area contributed by atoms with Crippen LogP contribution in [-0.4, -0.2) is 38.9 Å². The fourth-order valence-electron chi connectivity index (χ4n) is 3.93. The van der Waals surface area contributed by atoms with Crippen LogP contribution in [0, 0.1) is 6.92 Å². The predicted molar refractivity (Wildman–Crippen MR) is 124 cm³/mol. The minimum Gasteiger partial charge on any atom is -0.495 e. The van der Waals surface area contributed by atoms with Crippen molar-refractivity contribution in [2.75, 3.05) is 13.7 Å². The first-order chi connectivity index (χ1) is 15.4. The van der Waals surface area contributed by atoms with Crippen LogP contribution in [0.4, 0.5) is 0 Å². The van der Waals surface area contributed by atoms with E-state index in [4.69, 9.17) is 14.5 Å². The standard InChI is InChI=1S/C25H29N5O2/c1-6-32-24-20(8-7-11-27-24)25(3,4)21-13-18(23-22(28-21)16(2)29-30-23)10-9-17-12-19(31-5)15-26-14-17/h7-8,11-15H,6,9-10H2,1-5H3,(H,29,30). The summed E-state index contributed by atoms with van der Waals surface area (Å²) in [4.78, 5) is 13.8. The lowest BCUT2D eigenvalue weighted by atomic mass is 9.80. The van der Waals surface area contributed by atoms with E-state index in [1.54, 1.807) is 19.5 Å². The lowest BCUT2D eigenvalue weighted by Gasteiger charge is -2.27. The minimum absolute atomic E-state index is 0.400. The van der Waals surface area contributed by atoms with Gasteiger partial charge in [-0.05, 0) is 69.9 Å². The van der Waals surface area contributed by atoms with Gasteiger partial charge >= 0.3 is 0 Å². The second kappa shape index (κ2) is 8.94. The monoisotopic (exact) mass is 431 g/mol. The number of aromatic nitrogens is 5.